The summed E-state index contributed by atoms with van der Waals surface area (Å²) in [6.45, 7) is 0.410. The van der Waals surface area contributed by atoms with Gasteiger partial charge in [-0.2, -0.15) is 0 Å². The molecule has 0 aromatic carbocycles. The third kappa shape index (κ3) is 2.68. The molecule has 1 aliphatic rings. The fraction of sp³-hybridized carbons (Fsp3) is 0.750. The number of aliphatic hydroxyl groups is 1. The van der Waals surface area contributed by atoms with E-state index in [1.807, 2.05) is 0 Å². The molecule has 14 heavy (non-hydrogen) atoms. The standard InChI is InChI=1S/C8H13NO5/c10-5-3-6(8(13)14)9(4-5)2-1-7(11)12/h5-6,10H,1-4H2,(H,11,12)(H,13,14)/t5-,6-/m1/s1. The molecule has 0 saturated carbocycles. The van der Waals surface area contributed by atoms with Crippen LogP contribution in [0.3, 0.4) is 0 Å². The molecular weight excluding hydrogens is 190 g/mol. The van der Waals surface area contributed by atoms with Gasteiger partial charge in [-0.15, -0.1) is 0 Å². The molecule has 1 aliphatic heterocycles. The zero-order valence-electron chi connectivity index (χ0n) is 7.59. The second kappa shape index (κ2) is 4.39. The molecule has 0 aliphatic carbocycles. The SMILES string of the molecule is O=C(O)CCN1C[C@H](O)C[C@@H]1C(=O)O. The summed E-state index contributed by atoms with van der Waals surface area (Å²) >= 11 is 0. The first-order chi connectivity index (χ1) is 6.50. The van der Waals surface area contributed by atoms with Crippen molar-refractivity contribution in [1.29, 1.82) is 0 Å². The summed E-state index contributed by atoms with van der Waals surface area (Å²) in [5.41, 5.74) is 0. The van der Waals surface area contributed by atoms with Crippen molar-refractivity contribution in [2.24, 2.45) is 0 Å². The molecular formula is C8H13NO5. The smallest absolute Gasteiger partial charge is 0.321 e. The van der Waals surface area contributed by atoms with Crippen LogP contribution in [0, 0.1) is 0 Å². The number of nitrogens with zero attached hydrogens (tertiary/aromatic N) is 1. The van der Waals surface area contributed by atoms with Gasteiger partial charge in [0.1, 0.15) is 6.04 Å². The van der Waals surface area contributed by atoms with Crippen LogP contribution in [-0.4, -0.2) is 57.4 Å². The van der Waals surface area contributed by atoms with E-state index in [0.717, 1.165) is 0 Å². The Balaban J connectivity index is 2.49. The van der Waals surface area contributed by atoms with Crippen molar-refractivity contribution in [3.8, 4) is 0 Å². The first-order valence-corrected chi connectivity index (χ1v) is 4.37. The number of aliphatic hydroxyl groups excluding tert-OH is 1. The Kier molecular flexibility index (Phi) is 3.43. The topological polar surface area (TPSA) is 98.1 Å². The highest BCUT2D eigenvalue weighted by atomic mass is 16.4. The van der Waals surface area contributed by atoms with E-state index in [-0.39, 0.29) is 25.9 Å². The third-order valence-corrected chi connectivity index (χ3v) is 2.28. The second-order valence-corrected chi connectivity index (χ2v) is 3.38. The van der Waals surface area contributed by atoms with Gasteiger partial charge in [-0.1, -0.05) is 0 Å². The number of hydrogen-bond acceptors (Lipinski definition) is 4. The van der Waals surface area contributed by atoms with Gasteiger partial charge in [0.2, 0.25) is 0 Å². The van der Waals surface area contributed by atoms with Gasteiger partial charge in [0, 0.05) is 19.5 Å². The minimum absolute atomic E-state index is 0.101. The summed E-state index contributed by atoms with van der Waals surface area (Å²) in [5, 5.41) is 26.4. The van der Waals surface area contributed by atoms with E-state index in [2.05, 4.69) is 0 Å². The van der Waals surface area contributed by atoms with Crippen molar-refractivity contribution >= 4 is 11.9 Å². The molecule has 6 heteroatoms. The van der Waals surface area contributed by atoms with Crippen LogP contribution in [0.1, 0.15) is 12.8 Å². The number of carbonyl (C=O) groups is 2. The van der Waals surface area contributed by atoms with Crippen LogP contribution in [0.25, 0.3) is 0 Å². The lowest BCUT2D eigenvalue weighted by Crippen LogP contribution is -2.37. The van der Waals surface area contributed by atoms with Crippen LogP contribution < -0.4 is 0 Å². The fourth-order valence-electron chi connectivity index (χ4n) is 1.62. The Morgan fingerprint density at radius 3 is 2.50 bits per heavy atom. The van der Waals surface area contributed by atoms with E-state index < -0.39 is 24.1 Å². The molecule has 80 valence electrons. The molecule has 0 bridgehead atoms. The number of β-amino-alcohol motifs (C(OH)–C–C–N with tert-alkyl or cyclic N) is 1. The lowest BCUT2D eigenvalue weighted by molar-refractivity contribution is -0.143. The van der Waals surface area contributed by atoms with Gasteiger partial charge in [0.05, 0.1) is 12.5 Å². The van der Waals surface area contributed by atoms with Crippen LogP contribution in [0.5, 0.6) is 0 Å². The average Bonchev–Trinajstić information content (AvgIpc) is 2.43. The minimum Gasteiger partial charge on any atom is -0.481 e. The molecule has 3 N–H and O–H groups in total. The monoisotopic (exact) mass is 203 g/mol. The van der Waals surface area contributed by atoms with Crippen molar-refractivity contribution in [3.63, 3.8) is 0 Å². The predicted molar refractivity (Wildman–Crippen MR) is 45.9 cm³/mol. The van der Waals surface area contributed by atoms with E-state index in [4.69, 9.17) is 10.2 Å². The highest BCUT2D eigenvalue weighted by molar-refractivity contribution is 5.74. The van der Waals surface area contributed by atoms with Crippen molar-refractivity contribution in [2.75, 3.05) is 13.1 Å². The largest absolute Gasteiger partial charge is 0.481 e. The van der Waals surface area contributed by atoms with Gasteiger partial charge >= 0.3 is 11.9 Å². The minimum atomic E-state index is -1.01. The van der Waals surface area contributed by atoms with Crippen molar-refractivity contribution < 1.29 is 24.9 Å². The molecule has 0 unspecified atom stereocenters. The fourth-order valence-corrected chi connectivity index (χ4v) is 1.62. The maximum Gasteiger partial charge on any atom is 0.321 e. The lowest BCUT2D eigenvalue weighted by Gasteiger charge is -2.19. The lowest BCUT2D eigenvalue weighted by atomic mass is 10.2. The number of hydrogen-bond donors (Lipinski definition) is 3. The average molecular weight is 203 g/mol. The molecule has 0 aromatic rings. The summed E-state index contributed by atoms with van der Waals surface area (Å²) in [7, 11) is 0. The van der Waals surface area contributed by atoms with E-state index in [9.17, 15) is 14.7 Å². The molecule has 0 radical (unpaired) electrons. The molecule has 1 saturated heterocycles. The Bertz CT molecular complexity index is 242. The maximum absolute atomic E-state index is 10.7. The van der Waals surface area contributed by atoms with E-state index in [1.165, 1.54) is 4.90 Å². The van der Waals surface area contributed by atoms with Gasteiger partial charge in [-0.3, -0.25) is 14.5 Å². The van der Waals surface area contributed by atoms with Crippen LogP contribution in [0.2, 0.25) is 0 Å². The summed E-state index contributed by atoms with van der Waals surface area (Å²) in [6.07, 6.45) is -0.587. The first kappa shape index (κ1) is 10.9. The summed E-state index contributed by atoms with van der Waals surface area (Å²) < 4.78 is 0. The van der Waals surface area contributed by atoms with Crippen molar-refractivity contribution in [2.45, 2.75) is 25.0 Å². The number of aliphatic carboxylic acids is 2. The molecule has 0 amide bonds. The van der Waals surface area contributed by atoms with Gasteiger partial charge in [0.25, 0.3) is 0 Å². The van der Waals surface area contributed by atoms with Crippen LogP contribution in [0.15, 0.2) is 0 Å². The quantitative estimate of drug-likeness (QED) is 0.541. The molecule has 0 aromatic heterocycles. The Morgan fingerprint density at radius 2 is 2.00 bits per heavy atom. The zero-order valence-corrected chi connectivity index (χ0v) is 7.59. The van der Waals surface area contributed by atoms with Crippen LogP contribution >= 0.6 is 0 Å². The van der Waals surface area contributed by atoms with Crippen LogP contribution in [-0.2, 0) is 9.59 Å². The van der Waals surface area contributed by atoms with Gasteiger partial charge in [-0.05, 0) is 0 Å². The highest BCUT2D eigenvalue weighted by Gasteiger charge is 2.35. The summed E-state index contributed by atoms with van der Waals surface area (Å²) in [5.74, 6) is -1.97. The zero-order chi connectivity index (χ0) is 10.7. The molecule has 1 fully saturated rings. The van der Waals surface area contributed by atoms with Crippen LogP contribution in [0.4, 0.5) is 0 Å². The van der Waals surface area contributed by atoms with Gasteiger partial charge < -0.3 is 15.3 Å². The number of rotatable bonds is 4. The van der Waals surface area contributed by atoms with Crippen molar-refractivity contribution in [3.05, 3.63) is 0 Å². The van der Waals surface area contributed by atoms with E-state index in [0.29, 0.717) is 0 Å². The first-order valence-electron chi connectivity index (χ1n) is 4.37. The molecule has 0 spiro atoms. The van der Waals surface area contributed by atoms with Gasteiger partial charge in [-0.25, -0.2) is 0 Å². The summed E-state index contributed by atoms with van der Waals surface area (Å²) in [6, 6.07) is -0.746. The van der Waals surface area contributed by atoms with E-state index in [1.54, 1.807) is 0 Å². The Labute approximate surface area is 80.8 Å². The van der Waals surface area contributed by atoms with E-state index >= 15 is 0 Å². The summed E-state index contributed by atoms with van der Waals surface area (Å²) in [4.78, 5) is 22.5. The third-order valence-electron chi connectivity index (χ3n) is 2.28. The number of carboxylic acid groups (broad SMARTS) is 2. The molecule has 1 heterocycles. The number of carboxylic acids is 2. The Hall–Kier alpha value is -1.14. The Morgan fingerprint density at radius 1 is 1.36 bits per heavy atom. The molecule has 2 atom stereocenters. The van der Waals surface area contributed by atoms with Crippen molar-refractivity contribution in [1.82, 2.24) is 4.90 Å². The highest BCUT2D eigenvalue weighted by Crippen LogP contribution is 2.17. The normalized spacial score (nSPS) is 27.8. The number of likely N-dealkylation sites (tertiary alicyclic amines) is 1. The molecule has 6 nitrogen and oxygen atoms in total. The van der Waals surface area contributed by atoms with Gasteiger partial charge in [0.15, 0.2) is 0 Å². The maximum atomic E-state index is 10.7. The molecule has 1 rings (SSSR count). The predicted octanol–water partition coefficient (Wildman–Crippen LogP) is -1.02. The second-order valence-electron chi connectivity index (χ2n) is 3.38.